The van der Waals surface area contributed by atoms with Gasteiger partial charge in [-0.15, -0.1) is 0 Å². The van der Waals surface area contributed by atoms with Crippen LogP contribution in [0.5, 0.6) is 0 Å². The van der Waals surface area contributed by atoms with Crippen molar-refractivity contribution in [3.8, 4) is 0 Å². The molecule has 1 aliphatic rings. The Hall–Kier alpha value is -2.08. The van der Waals surface area contributed by atoms with E-state index >= 15 is 0 Å². The van der Waals surface area contributed by atoms with E-state index < -0.39 is 18.1 Å². The summed E-state index contributed by atoms with van der Waals surface area (Å²) in [5.41, 5.74) is 0.857. The highest BCUT2D eigenvalue weighted by atomic mass is 16.6. The summed E-state index contributed by atoms with van der Waals surface area (Å²) in [6.45, 7) is 0.362. The van der Waals surface area contributed by atoms with Crippen LogP contribution in [0, 0.1) is 0 Å². The van der Waals surface area contributed by atoms with Crippen molar-refractivity contribution in [1.29, 1.82) is 0 Å². The summed E-state index contributed by atoms with van der Waals surface area (Å²) < 4.78 is 10.3. The molecule has 1 N–H and O–H groups in total. The minimum atomic E-state index is -1.04. The van der Waals surface area contributed by atoms with E-state index in [4.69, 9.17) is 14.6 Å². The van der Waals surface area contributed by atoms with Gasteiger partial charge in [-0.1, -0.05) is 30.3 Å². The lowest BCUT2D eigenvalue weighted by atomic mass is 10.2. The third kappa shape index (κ3) is 3.27. The molecule has 2 atom stereocenters. The number of methoxy groups -OCH3 is 1. The first-order valence-electron chi connectivity index (χ1n) is 6.34. The number of ether oxygens (including phenoxy) is 2. The zero-order valence-corrected chi connectivity index (χ0v) is 11.2. The topological polar surface area (TPSA) is 76.1 Å². The van der Waals surface area contributed by atoms with Gasteiger partial charge in [0.1, 0.15) is 12.6 Å². The minimum Gasteiger partial charge on any atom is -0.480 e. The molecule has 1 heterocycles. The molecular weight excluding hydrogens is 262 g/mol. The number of benzene rings is 1. The fourth-order valence-electron chi connectivity index (χ4n) is 2.21. The van der Waals surface area contributed by atoms with Gasteiger partial charge in [0.25, 0.3) is 0 Å². The van der Waals surface area contributed by atoms with Gasteiger partial charge in [0.05, 0.1) is 12.6 Å². The molecule has 2 rings (SSSR count). The Bertz CT molecular complexity index is 476. The third-order valence-electron chi connectivity index (χ3n) is 3.32. The van der Waals surface area contributed by atoms with Crippen LogP contribution in [-0.4, -0.2) is 47.9 Å². The fraction of sp³-hybridized carbons (Fsp3) is 0.429. The SMILES string of the molecule is CO[C@H]1C[C@H](C(=O)O)N(C(=O)OCc2ccccc2)C1. The van der Waals surface area contributed by atoms with Crippen LogP contribution in [0.2, 0.25) is 0 Å². The molecule has 0 saturated carbocycles. The molecule has 1 amide bonds. The highest BCUT2D eigenvalue weighted by Gasteiger charge is 2.40. The first-order valence-corrected chi connectivity index (χ1v) is 6.34. The molecule has 6 heteroatoms. The highest BCUT2D eigenvalue weighted by Crippen LogP contribution is 2.21. The van der Waals surface area contributed by atoms with Crippen molar-refractivity contribution in [2.75, 3.05) is 13.7 Å². The lowest BCUT2D eigenvalue weighted by Crippen LogP contribution is -2.40. The van der Waals surface area contributed by atoms with Gasteiger partial charge < -0.3 is 14.6 Å². The molecule has 1 aliphatic heterocycles. The summed E-state index contributed by atoms with van der Waals surface area (Å²) in [5.74, 6) is -1.04. The summed E-state index contributed by atoms with van der Waals surface area (Å²) in [5, 5.41) is 9.13. The molecule has 6 nitrogen and oxygen atoms in total. The molecule has 0 unspecified atom stereocenters. The van der Waals surface area contributed by atoms with Crippen LogP contribution in [0.1, 0.15) is 12.0 Å². The average Bonchev–Trinajstić information content (AvgIpc) is 2.90. The largest absolute Gasteiger partial charge is 0.480 e. The van der Waals surface area contributed by atoms with Crippen molar-refractivity contribution < 1.29 is 24.2 Å². The number of likely N-dealkylation sites (tertiary alicyclic amines) is 1. The number of carbonyl (C=O) groups excluding carboxylic acids is 1. The van der Waals surface area contributed by atoms with Crippen LogP contribution in [0.3, 0.4) is 0 Å². The molecule has 108 valence electrons. The summed E-state index contributed by atoms with van der Waals surface area (Å²) in [4.78, 5) is 24.3. The van der Waals surface area contributed by atoms with Crippen molar-refractivity contribution in [2.45, 2.75) is 25.2 Å². The Kier molecular flexibility index (Phi) is 4.57. The van der Waals surface area contributed by atoms with Crippen LogP contribution in [0.4, 0.5) is 4.79 Å². The molecule has 0 aliphatic carbocycles. The van der Waals surface area contributed by atoms with E-state index in [2.05, 4.69) is 0 Å². The third-order valence-corrected chi connectivity index (χ3v) is 3.32. The lowest BCUT2D eigenvalue weighted by molar-refractivity contribution is -0.141. The van der Waals surface area contributed by atoms with E-state index in [0.29, 0.717) is 0 Å². The van der Waals surface area contributed by atoms with Crippen molar-refractivity contribution in [3.05, 3.63) is 35.9 Å². The van der Waals surface area contributed by atoms with Crippen molar-refractivity contribution in [2.24, 2.45) is 0 Å². The Balaban J connectivity index is 1.95. The Morgan fingerprint density at radius 3 is 2.65 bits per heavy atom. The summed E-state index contributed by atoms with van der Waals surface area (Å²) in [7, 11) is 1.50. The number of carboxylic acids is 1. The maximum absolute atomic E-state index is 12.0. The Morgan fingerprint density at radius 1 is 1.35 bits per heavy atom. The normalized spacial score (nSPS) is 21.8. The standard InChI is InChI=1S/C14H17NO5/c1-19-11-7-12(13(16)17)15(8-11)14(18)20-9-10-5-3-2-4-6-10/h2-6,11-12H,7-9H2,1H3,(H,16,17)/t11-,12+/m0/s1. The number of aliphatic carboxylic acids is 1. The van der Waals surface area contributed by atoms with Gasteiger partial charge in [-0.3, -0.25) is 4.90 Å². The molecule has 0 spiro atoms. The fourth-order valence-corrected chi connectivity index (χ4v) is 2.21. The summed E-state index contributed by atoms with van der Waals surface area (Å²) >= 11 is 0. The molecule has 1 aromatic carbocycles. The molecule has 0 bridgehead atoms. The quantitative estimate of drug-likeness (QED) is 0.903. The second-order valence-electron chi connectivity index (χ2n) is 4.64. The minimum absolute atomic E-state index is 0.125. The highest BCUT2D eigenvalue weighted by molar-refractivity contribution is 5.80. The Morgan fingerprint density at radius 2 is 2.05 bits per heavy atom. The van der Waals surface area contributed by atoms with Gasteiger partial charge in [-0.25, -0.2) is 9.59 Å². The zero-order chi connectivity index (χ0) is 14.5. The average molecular weight is 279 g/mol. The van der Waals surface area contributed by atoms with E-state index in [1.165, 1.54) is 12.0 Å². The van der Waals surface area contributed by atoms with Gasteiger partial charge in [-0.2, -0.15) is 0 Å². The number of carboxylic acid groups (broad SMARTS) is 1. The van der Waals surface area contributed by atoms with Gasteiger partial charge in [0.2, 0.25) is 0 Å². The van der Waals surface area contributed by atoms with Crippen LogP contribution >= 0.6 is 0 Å². The number of hydrogen-bond acceptors (Lipinski definition) is 4. The van der Waals surface area contributed by atoms with Crippen LogP contribution < -0.4 is 0 Å². The molecule has 0 radical (unpaired) electrons. The predicted octanol–water partition coefficient (Wildman–Crippen LogP) is 1.50. The second-order valence-corrected chi connectivity index (χ2v) is 4.64. The van der Waals surface area contributed by atoms with Gasteiger partial charge >= 0.3 is 12.1 Å². The maximum atomic E-state index is 12.0. The van der Waals surface area contributed by atoms with Gasteiger partial charge in [-0.05, 0) is 5.56 Å². The smallest absolute Gasteiger partial charge is 0.410 e. The number of rotatable bonds is 4. The van der Waals surface area contributed by atoms with E-state index in [-0.39, 0.29) is 25.7 Å². The van der Waals surface area contributed by atoms with E-state index in [9.17, 15) is 9.59 Å². The van der Waals surface area contributed by atoms with Gasteiger partial charge in [0.15, 0.2) is 0 Å². The molecular formula is C14H17NO5. The van der Waals surface area contributed by atoms with E-state index in [0.717, 1.165) is 5.56 Å². The van der Waals surface area contributed by atoms with Crippen LogP contribution in [-0.2, 0) is 20.9 Å². The number of amides is 1. The maximum Gasteiger partial charge on any atom is 0.410 e. The molecule has 0 aromatic heterocycles. The summed E-state index contributed by atoms with van der Waals surface area (Å²) in [6, 6.07) is 8.35. The monoisotopic (exact) mass is 279 g/mol. The number of hydrogen-bond donors (Lipinski definition) is 1. The van der Waals surface area contributed by atoms with Crippen molar-refractivity contribution >= 4 is 12.1 Å². The Labute approximate surface area is 116 Å². The molecule has 1 saturated heterocycles. The van der Waals surface area contributed by atoms with Crippen LogP contribution in [0.15, 0.2) is 30.3 Å². The summed E-state index contributed by atoms with van der Waals surface area (Å²) in [6.07, 6.45) is -0.604. The zero-order valence-electron chi connectivity index (χ0n) is 11.2. The van der Waals surface area contributed by atoms with E-state index in [1.807, 2.05) is 30.3 Å². The molecule has 20 heavy (non-hydrogen) atoms. The van der Waals surface area contributed by atoms with Gasteiger partial charge in [0, 0.05) is 13.5 Å². The number of nitrogens with zero attached hydrogens (tertiary/aromatic N) is 1. The molecule has 1 aromatic rings. The lowest BCUT2D eigenvalue weighted by Gasteiger charge is -2.20. The predicted molar refractivity (Wildman–Crippen MR) is 70.2 cm³/mol. The van der Waals surface area contributed by atoms with Crippen molar-refractivity contribution in [1.82, 2.24) is 4.90 Å². The first kappa shape index (κ1) is 14.3. The molecule has 1 fully saturated rings. The first-order chi connectivity index (χ1) is 9.61. The van der Waals surface area contributed by atoms with Crippen LogP contribution in [0.25, 0.3) is 0 Å². The van der Waals surface area contributed by atoms with Crippen molar-refractivity contribution in [3.63, 3.8) is 0 Å². The van der Waals surface area contributed by atoms with E-state index in [1.54, 1.807) is 0 Å². The second kappa shape index (κ2) is 6.38. The number of carbonyl (C=O) groups is 2.